The molecule has 1 aromatic carbocycles. The topological polar surface area (TPSA) is 32.3 Å². The van der Waals surface area contributed by atoms with E-state index in [0.717, 1.165) is 25.2 Å². The van der Waals surface area contributed by atoms with Crippen molar-refractivity contribution < 1.29 is 9.18 Å². The molecule has 20 heavy (non-hydrogen) atoms. The van der Waals surface area contributed by atoms with Crippen LogP contribution in [-0.4, -0.2) is 37.0 Å². The Bertz CT molecular complexity index is 444. The molecule has 4 heteroatoms. The summed E-state index contributed by atoms with van der Waals surface area (Å²) in [4.78, 5) is 14.2. The number of rotatable bonds is 5. The molecule has 110 valence electrons. The SMILES string of the molecule is CCN(CC1CCCNC1)C(=O)Cc1cccc(F)c1. The Morgan fingerprint density at radius 3 is 3.00 bits per heavy atom. The zero-order valence-corrected chi connectivity index (χ0v) is 12.1. The van der Waals surface area contributed by atoms with Crippen LogP contribution < -0.4 is 5.32 Å². The molecule has 0 spiro atoms. The minimum atomic E-state index is -0.283. The Kier molecular flexibility index (Phi) is 5.53. The first-order valence-corrected chi connectivity index (χ1v) is 7.42. The van der Waals surface area contributed by atoms with Crippen LogP contribution in [0, 0.1) is 11.7 Å². The fraction of sp³-hybridized carbons (Fsp3) is 0.562. The molecule has 1 aliphatic heterocycles. The molecular weight excluding hydrogens is 255 g/mol. The average molecular weight is 278 g/mol. The molecule has 1 amide bonds. The van der Waals surface area contributed by atoms with Crippen molar-refractivity contribution in [2.24, 2.45) is 5.92 Å². The molecule has 0 saturated carbocycles. The number of piperidine rings is 1. The summed E-state index contributed by atoms with van der Waals surface area (Å²) in [6.07, 6.45) is 2.64. The molecule has 0 radical (unpaired) electrons. The summed E-state index contributed by atoms with van der Waals surface area (Å²) in [5.41, 5.74) is 0.746. The second-order valence-corrected chi connectivity index (χ2v) is 5.45. The number of nitrogens with zero attached hydrogens (tertiary/aromatic N) is 1. The van der Waals surface area contributed by atoms with Crippen LogP contribution in [0.1, 0.15) is 25.3 Å². The van der Waals surface area contributed by atoms with E-state index < -0.39 is 0 Å². The monoisotopic (exact) mass is 278 g/mol. The number of carbonyl (C=O) groups is 1. The summed E-state index contributed by atoms with van der Waals surface area (Å²) in [5.74, 6) is 0.346. The molecular formula is C16H23FN2O. The lowest BCUT2D eigenvalue weighted by Crippen LogP contribution is -2.41. The lowest BCUT2D eigenvalue weighted by molar-refractivity contribution is -0.131. The number of halogens is 1. The van der Waals surface area contributed by atoms with Crippen LogP contribution in [0.4, 0.5) is 4.39 Å². The second-order valence-electron chi connectivity index (χ2n) is 5.45. The second kappa shape index (κ2) is 7.39. The summed E-state index contributed by atoms with van der Waals surface area (Å²) in [7, 11) is 0. The first kappa shape index (κ1) is 15.0. The van der Waals surface area contributed by atoms with Gasteiger partial charge in [0, 0.05) is 13.1 Å². The zero-order chi connectivity index (χ0) is 14.4. The third kappa shape index (κ3) is 4.30. The van der Waals surface area contributed by atoms with Gasteiger partial charge in [0.25, 0.3) is 0 Å². The Morgan fingerprint density at radius 2 is 2.35 bits per heavy atom. The first-order chi connectivity index (χ1) is 9.69. The van der Waals surface area contributed by atoms with Crippen LogP contribution in [-0.2, 0) is 11.2 Å². The van der Waals surface area contributed by atoms with Crippen molar-refractivity contribution in [2.75, 3.05) is 26.2 Å². The third-order valence-corrected chi connectivity index (χ3v) is 3.86. The normalized spacial score (nSPS) is 18.8. The van der Waals surface area contributed by atoms with Crippen molar-refractivity contribution in [1.82, 2.24) is 10.2 Å². The van der Waals surface area contributed by atoms with Crippen LogP contribution in [0.15, 0.2) is 24.3 Å². The molecule has 2 rings (SSSR count). The van der Waals surface area contributed by atoms with E-state index in [9.17, 15) is 9.18 Å². The van der Waals surface area contributed by atoms with Crippen molar-refractivity contribution in [3.05, 3.63) is 35.6 Å². The van der Waals surface area contributed by atoms with Crippen LogP contribution in [0.25, 0.3) is 0 Å². The van der Waals surface area contributed by atoms with E-state index >= 15 is 0 Å². The molecule has 1 saturated heterocycles. The highest BCUT2D eigenvalue weighted by atomic mass is 19.1. The van der Waals surface area contributed by atoms with Gasteiger partial charge in [0.1, 0.15) is 5.82 Å². The maximum absolute atomic E-state index is 13.1. The predicted molar refractivity (Wildman–Crippen MR) is 78.0 cm³/mol. The summed E-state index contributed by atoms with van der Waals surface area (Å²) in [6.45, 7) is 5.59. The Hall–Kier alpha value is -1.42. The van der Waals surface area contributed by atoms with Gasteiger partial charge in [-0.25, -0.2) is 4.39 Å². The van der Waals surface area contributed by atoms with Gasteiger partial charge in [0.2, 0.25) is 5.91 Å². The fourth-order valence-corrected chi connectivity index (χ4v) is 2.73. The van der Waals surface area contributed by atoms with E-state index in [1.54, 1.807) is 12.1 Å². The van der Waals surface area contributed by atoms with Gasteiger partial charge in [-0.2, -0.15) is 0 Å². The number of hydrogen-bond donors (Lipinski definition) is 1. The number of amides is 1. The molecule has 1 aromatic rings. The van der Waals surface area contributed by atoms with Crippen LogP contribution >= 0.6 is 0 Å². The quantitative estimate of drug-likeness (QED) is 0.895. The average Bonchev–Trinajstić information content (AvgIpc) is 2.45. The van der Waals surface area contributed by atoms with Crippen LogP contribution in [0.2, 0.25) is 0 Å². The molecule has 3 nitrogen and oxygen atoms in total. The fourth-order valence-electron chi connectivity index (χ4n) is 2.73. The van der Waals surface area contributed by atoms with Gasteiger partial charge >= 0.3 is 0 Å². The lowest BCUT2D eigenvalue weighted by Gasteiger charge is -2.29. The van der Waals surface area contributed by atoms with E-state index in [0.29, 0.717) is 12.5 Å². The van der Waals surface area contributed by atoms with E-state index in [-0.39, 0.29) is 18.1 Å². The molecule has 0 bridgehead atoms. The number of likely N-dealkylation sites (N-methyl/N-ethyl adjacent to an activating group) is 1. The van der Waals surface area contributed by atoms with Crippen molar-refractivity contribution in [1.29, 1.82) is 0 Å². The number of nitrogens with one attached hydrogen (secondary N) is 1. The summed E-state index contributed by atoms with van der Waals surface area (Å²) in [5, 5.41) is 3.37. The van der Waals surface area contributed by atoms with Crippen molar-refractivity contribution in [2.45, 2.75) is 26.2 Å². The van der Waals surface area contributed by atoms with Crippen LogP contribution in [0.5, 0.6) is 0 Å². The van der Waals surface area contributed by atoms with Gasteiger partial charge in [-0.15, -0.1) is 0 Å². The van der Waals surface area contributed by atoms with E-state index in [2.05, 4.69) is 5.32 Å². The molecule has 1 N–H and O–H groups in total. The largest absolute Gasteiger partial charge is 0.342 e. The summed E-state index contributed by atoms with van der Waals surface area (Å²) in [6, 6.07) is 6.30. The Labute approximate surface area is 120 Å². The van der Waals surface area contributed by atoms with E-state index in [1.165, 1.54) is 25.0 Å². The van der Waals surface area contributed by atoms with Gasteiger partial charge in [0.05, 0.1) is 6.42 Å². The minimum absolute atomic E-state index is 0.0867. The number of carbonyl (C=O) groups excluding carboxylic acids is 1. The highest BCUT2D eigenvalue weighted by Gasteiger charge is 2.19. The van der Waals surface area contributed by atoms with Gasteiger partial charge in [-0.05, 0) is 56.5 Å². The smallest absolute Gasteiger partial charge is 0.226 e. The van der Waals surface area contributed by atoms with Crippen molar-refractivity contribution in [3.63, 3.8) is 0 Å². The first-order valence-electron chi connectivity index (χ1n) is 7.42. The number of hydrogen-bond acceptors (Lipinski definition) is 2. The molecule has 1 atom stereocenters. The molecule has 0 aliphatic carbocycles. The maximum Gasteiger partial charge on any atom is 0.226 e. The zero-order valence-electron chi connectivity index (χ0n) is 12.1. The minimum Gasteiger partial charge on any atom is -0.342 e. The molecule has 1 fully saturated rings. The van der Waals surface area contributed by atoms with Gasteiger partial charge < -0.3 is 10.2 Å². The standard InChI is InChI=1S/C16H23FN2O/c1-2-19(12-14-6-4-8-18-11-14)16(20)10-13-5-3-7-15(17)9-13/h3,5,7,9,14,18H,2,4,6,8,10-12H2,1H3. The van der Waals surface area contributed by atoms with Crippen molar-refractivity contribution in [3.8, 4) is 0 Å². The molecule has 0 aromatic heterocycles. The Morgan fingerprint density at radius 1 is 1.50 bits per heavy atom. The van der Waals surface area contributed by atoms with E-state index in [4.69, 9.17) is 0 Å². The van der Waals surface area contributed by atoms with Crippen LogP contribution in [0.3, 0.4) is 0 Å². The summed E-state index contributed by atoms with van der Waals surface area (Å²) >= 11 is 0. The van der Waals surface area contributed by atoms with Gasteiger partial charge in [0.15, 0.2) is 0 Å². The van der Waals surface area contributed by atoms with E-state index in [1.807, 2.05) is 11.8 Å². The highest BCUT2D eigenvalue weighted by molar-refractivity contribution is 5.78. The van der Waals surface area contributed by atoms with Crippen molar-refractivity contribution >= 4 is 5.91 Å². The summed E-state index contributed by atoms with van der Waals surface area (Å²) < 4.78 is 13.1. The lowest BCUT2D eigenvalue weighted by atomic mass is 9.99. The third-order valence-electron chi connectivity index (χ3n) is 3.86. The van der Waals surface area contributed by atoms with Gasteiger partial charge in [-0.1, -0.05) is 12.1 Å². The van der Waals surface area contributed by atoms with Gasteiger partial charge in [-0.3, -0.25) is 4.79 Å². The molecule has 1 aliphatic rings. The molecule has 1 unspecified atom stereocenters. The molecule has 1 heterocycles. The predicted octanol–water partition coefficient (Wildman–Crippen LogP) is 2.22. The number of benzene rings is 1. The Balaban J connectivity index is 1.91. The highest BCUT2D eigenvalue weighted by Crippen LogP contribution is 2.13. The maximum atomic E-state index is 13.1.